The molecule has 0 radical (unpaired) electrons. The van der Waals surface area contributed by atoms with Gasteiger partial charge in [-0.15, -0.1) is 0 Å². The van der Waals surface area contributed by atoms with E-state index in [-0.39, 0.29) is 0 Å². The Labute approximate surface area is 115 Å². The average molecular weight is 279 g/mol. The molecule has 7 heteroatoms. The third-order valence-corrected chi connectivity index (χ3v) is 2.73. The Balaban J connectivity index is 1.99. The molecular weight excluding hydrogens is 264 g/mol. The van der Waals surface area contributed by atoms with Crippen molar-refractivity contribution >= 4 is 11.8 Å². The van der Waals surface area contributed by atoms with Gasteiger partial charge in [0.15, 0.2) is 0 Å². The summed E-state index contributed by atoms with van der Waals surface area (Å²) in [6.07, 6.45) is 2.11. The molecule has 2 rings (SSSR count). The fraction of sp³-hybridized carbons (Fsp3) is 0.231. The second-order valence-electron chi connectivity index (χ2n) is 4.32. The summed E-state index contributed by atoms with van der Waals surface area (Å²) in [5, 5.41) is 3.08. The van der Waals surface area contributed by atoms with Crippen molar-refractivity contribution in [3.63, 3.8) is 0 Å². The van der Waals surface area contributed by atoms with E-state index in [9.17, 15) is 8.78 Å². The fourth-order valence-electron chi connectivity index (χ4n) is 1.77. The van der Waals surface area contributed by atoms with Gasteiger partial charge < -0.3 is 5.32 Å². The van der Waals surface area contributed by atoms with Crippen molar-refractivity contribution < 1.29 is 8.78 Å². The van der Waals surface area contributed by atoms with Gasteiger partial charge in [-0.1, -0.05) is 0 Å². The summed E-state index contributed by atoms with van der Waals surface area (Å²) < 4.78 is 26.1. The lowest BCUT2D eigenvalue weighted by atomic mass is 10.1. The molecule has 4 N–H and O–H groups in total. The summed E-state index contributed by atoms with van der Waals surface area (Å²) in [5.74, 6) is 5.01. The Morgan fingerprint density at radius 1 is 1.20 bits per heavy atom. The van der Waals surface area contributed by atoms with Crippen molar-refractivity contribution in [2.75, 3.05) is 17.3 Å². The van der Waals surface area contributed by atoms with Crippen molar-refractivity contribution in [2.24, 2.45) is 5.84 Å². The minimum absolute atomic E-state index is 0.301. The molecule has 5 nitrogen and oxygen atoms in total. The highest BCUT2D eigenvalue weighted by Gasteiger charge is 2.04. The van der Waals surface area contributed by atoms with Gasteiger partial charge in [-0.25, -0.2) is 19.6 Å². The van der Waals surface area contributed by atoms with Gasteiger partial charge in [-0.2, -0.15) is 4.98 Å². The first kappa shape index (κ1) is 14.1. The largest absolute Gasteiger partial charge is 0.369 e. The van der Waals surface area contributed by atoms with Crippen LogP contribution in [0.2, 0.25) is 0 Å². The summed E-state index contributed by atoms with van der Waals surface area (Å²) in [7, 11) is 0. The lowest BCUT2D eigenvalue weighted by molar-refractivity contribution is 0.580. The minimum Gasteiger partial charge on any atom is -0.369 e. The van der Waals surface area contributed by atoms with Gasteiger partial charge in [0, 0.05) is 24.4 Å². The van der Waals surface area contributed by atoms with Gasteiger partial charge in [0.2, 0.25) is 5.95 Å². The molecule has 0 aliphatic heterocycles. The smallest absolute Gasteiger partial charge is 0.239 e. The molecule has 0 fully saturated rings. The van der Waals surface area contributed by atoms with Crippen LogP contribution in [-0.2, 0) is 6.42 Å². The third-order valence-electron chi connectivity index (χ3n) is 2.73. The second kappa shape index (κ2) is 6.25. The maximum atomic E-state index is 13.0. The zero-order valence-electron chi connectivity index (χ0n) is 11.0. The number of nitrogens with two attached hydrogens (primary N) is 1. The number of halogens is 2. The van der Waals surface area contributed by atoms with E-state index >= 15 is 0 Å². The quantitative estimate of drug-likeness (QED) is 0.576. The van der Waals surface area contributed by atoms with Crippen LogP contribution in [0, 0.1) is 18.6 Å². The predicted molar refractivity (Wildman–Crippen MR) is 73.1 cm³/mol. The molecule has 0 spiro atoms. The van der Waals surface area contributed by atoms with E-state index in [2.05, 4.69) is 20.7 Å². The molecular formula is C13H15F2N5. The molecule has 1 aromatic carbocycles. The van der Waals surface area contributed by atoms with Crippen LogP contribution in [0.4, 0.5) is 20.5 Å². The normalized spacial score (nSPS) is 10.4. The van der Waals surface area contributed by atoms with Crippen LogP contribution in [0.1, 0.15) is 11.1 Å². The topological polar surface area (TPSA) is 75.9 Å². The summed E-state index contributed by atoms with van der Waals surface area (Å²) in [6, 6.07) is 3.47. The minimum atomic E-state index is -0.576. The highest BCUT2D eigenvalue weighted by Crippen LogP contribution is 2.13. The van der Waals surface area contributed by atoms with Crippen LogP contribution >= 0.6 is 0 Å². The Bertz CT molecular complexity index is 583. The number of aromatic nitrogens is 2. The van der Waals surface area contributed by atoms with Gasteiger partial charge in [-0.05, 0) is 31.0 Å². The maximum Gasteiger partial charge on any atom is 0.239 e. The maximum absolute atomic E-state index is 13.0. The van der Waals surface area contributed by atoms with Gasteiger partial charge >= 0.3 is 0 Å². The number of anilines is 2. The van der Waals surface area contributed by atoms with Crippen molar-refractivity contribution in [1.29, 1.82) is 0 Å². The molecule has 0 aliphatic rings. The van der Waals surface area contributed by atoms with Crippen LogP contribution in [0.15, 0.2) is 24.4 Å². The van der Waals surface area contributed by atoms with Gasteiger partial charge in [0.25, 0.3) is 0 Å². The number of aryl methyl sites for hydroxylation is 1. The Kier molecular flexibility index (Phi) is 4.41. The second-order valence-corrected chi connectivity index (χ2v) is 4.32. The molecule has 20 heavy (non-hydrogen) atoms. The summed E-state index contributed by atoms with van der Waals surface area (Å²) >= 11 is 0. The number of hydrogen-bond donors (Lipinski definition) is 3. The van der Waals surface area contributed by atoms with Crippen LogP contribution in [0.3, 0.4) is 0 Å². The van der Waals surface area contributed by atoms with Crippen LogP contribution in [-0.4, -0.2) is 16.5 Å². The fourth-order valence-corrected chi connectivity index (χ4v) is 1.77. The Morgan fingerprint density at radius 3 is 2.55 bits per heavy atom. The predicted octanol–water partition coefficient (Wildman–Crippen LogP) is 2.00. The molecule has 1 aromatic heterocycles. The molecule has 0 bridgehead atoms. The molecule has 0 unspecified atom stereocenters. The van der Waals surface area contributed by atoms with Crippen molar-refractivity contribution in [3.05, 3.63) is 47.2 Å². The highest BCUT2D eigenvalue weighted by atomic mass is 19.1. The van der Waals surface area contributed by atoms with E-state index in [1.54, 1.807) is 6.20 Å². The Morgan fingerprint density at radius 2 is 1.90 bits per heavy atom. The van der Waals surface area contributed by atoms with Crippen molar-refractivity contribution in [2.45, 2.75) is 13.3 Å². The van der Waals surface area contributed by atoms with Gasteiger partial charge in [0.1, 0.15) is 17.5 Å². The number of nitrogen functional groups attached to an aromatic ring is 1. The number of rotatable bonds is 5. The number of hydrazine groups is 1. The van der Waals surface area contributed by atoms with Gasteiger partial charge in [-0.3, -0.25) is 5.43 Å². The van der Waals surface area contributed by atoms with Crippen LogP contribution in [0.25, 0.3) is 0 Å². The molecule has 2 aromatic rings. The average Bonchev–Trinajstić information content (AvgIpc) is 2.40. The number of hydrogen-bond acceptors (Lipinski definition) is 5. The van der Waals surface area contributed by atoms with E-state index in [1.165, 1.54) is 12.1 Å². The van der Waals surface area contributed by atoms with E-state index in [1.807, 2.05) is 6.92 Å². The lowest BCUT2D eigenvalue weighted by Gasteiger charge is -2.09. The van der Waals surface area contributed by atoms with Gasteiger partial charge in [0.05, 0.1) is 0 Å². The standard InChI is InChI=1S/C13H15F2N5/c1-8-7-18-13(20-16)19-12(8)17-3-2-9-4-10(14)6-11(15)5-9/h4-7H,2-3,16H2,1H3,(H2,17,18,19,20). The SMILES string of the molecule is Cc1cnc(NN)nc1NCCc1cc(F)cc(F)c1. The lowest BCUT2D eigenvalue weighted by Crippen LogP contribution is -2.13. The molecule has 106 valence electrons. The third kappa shape index (κ3) is 3.61. The molecule has 0 amide bonds. The molecule has 0 atom stereocenters. The Hall–Kier alpha value is -2.28. The summed E-state index contributed by atoms with van der Waals surface area (Å²) in [6.45, 7) is 2.34. The van der Waals surface area contributed by atoms with Crippen LogP contribution < -0.4 is 16.6 Å². The van der Waals surface area contributed by atoms with E-state index in [0.29, 0.717) is 30.3 Å². The molecule has 0 aliphatic carbocycles. The molecule has 0 saturated heterocycles. The van der Waals surface area contributed by atoms with E-state index < -0.39 is 11.6 Å². The summed E-state index contributed by atoms with van der Waals surface area (Å²) in [4.78, 5) is 8.11. The molecule has 0 saturated carbocycles. The highest BCUT2D eigenvalue weighted by molar-refractivity contribution is 5.46. The summed E-state index contributed by atoms with van der Waals surface area (Å²) in [5.41, 5.74) is 3.79. The van der Waals surface area contributed by atoms with E-state index in [4.69, 9.17) is 5.84 Å². The monoisotopic (exact) mass is 279 g/mol. The first-order valence-corrected chi connectivity index (χ1v) is 6.07. The number of benzene rings is 1. The molecule has 1 heterocycles. The zero-order valence-corrected chi connectivity index (χ0v) is 11.0. The number of nitrogens with zero attached hydrogens (tertiary/aromatic N) is 2. The first-order valence-electron chi connectivity index (χ1n) is 6.07. The number of nitrogens with one attached hydrogen (secondary N) is 2. The van der Waals surface area contributed by atoms with Crippen molar-refractivity contribution in [3.8, 4) is 0 Å². The van der Waals surface area contributed by atoms with Crippen LogP contribution in [0.5, 0.6) is 0 Å². The zero-order chi connectivity index (χ0) is 14.5. The first-order chi connectivity index (χ1) is 9.58. The van der Waals surface area contributed by atoms with Crippen molar-refractivity contribution in [1.82, 2.24) is 9.97 Å². The van der Waals surface area contributed by atoms with E-state index in [0.717, 1.165) is 11.6 Å².